The number of nitrogens with one attached hydrogen (secondary N) is 1. The lowest BCUT2D eigenvalue weighted by atomic mass is 9.95. The zero-order valence-corrected chi connectivity index (χ0v) is 17.9. The zero-order chi connectivity index (χ0) is 24.0. The summed E-state index contributed by atoms with van der Waals surface area (Å²) in [6.07, 6.45) is 0. The minimum absolute atomic E-state index is 0.0860. The molecular weight excluding hydrogens is 436 g/mol. The van der Waals surface area contributed by atoms with Crippen LogP contribution in [0.2, 0.25) is 0 Å². The summed E-state index contributed by atoms with van der Waals surface area (Å²) < 4.78 is 0. The molecule has 0 spiro atoms. The molecule has 9 nitrogen and oxygen atoms in total. The van der Waals surface area contributed by atoms with Crippen molar-refractivity contribution >= 4 is 23.3 Å². The fourth-order valence-electron chi connectivity index (χ4n) is 4.23. The first-order chi connectivity index (χ1) is 16.3. The number of aromatic amines is 1. The van der Waals surface area contributed by atoms with Crippen molar-refractivity contribution < 1.29 is 19.6 Å². The number of aryl methyl sites for hydroxylation is 1. The lowest BCUT2D eigenvalue weighted by Crippen LogP contribution is -2.29. The second kappa shape index (κ2) is 7.96. The standard InChI is InChI=1S/C25H18N4O5/c1-14-5-7-15(8-6-14)21-20-22(27-26-21)24(30)28(18-11-9-16(10-12-18)25(31)32)23(20)17-3-2-4-19(13-17)29(33)34/h2-13,23H,1H3,(H,26,27)(H,31,32)/t23-/m0/s1. The minimum atomic E-state index is -1.08. The van der Waals surface area contributed by atoms with Crippen LogP contribution < -0.4 is 4.90 Å². The van der Waals surface area contributed by atoms with Crippen molar-refractivity contribution in [2.75, 3.05) is 4.90 Å². The number of H-pyrrole nitrogens is 1. The number of nitro benzene ring substituents is 1. The largest absolute Gasteiger partial charge is 0.478 e. The maximum Gasteiger partial charge on any atom is 0.335 e. The van der Waals surface area contributed by atoms with E-state index in [-0.39, 0.29) is 22.9 Å². The minimum Gasteiger partial charge on any atom is -0.478 e. The molecule has 168 valence electrons. The van der Waals surface area contributed by atoms with Crippen molar-refractivity contribution in [3.63, 3.8) is 0 Å². The van der Waals surface area contributed by atoms with Gasteiger partial charge in [-0.1, -0.05) is 42.0 Å². The molecule has 0 aliphatic carbocycles. The van der Waals surface area contributed by atoms with Gasteiger partial charge in [0.05, 0.1) is 22.2 Å². The number of fused-ring (bicyclic) bond motifs is 1. The number of aromatic nitrogens is 2. The SMILES string of the molecule is Cc1ccc(-c2n[nH]c3c2[C@H](c2cccc([N+](=O)[O-])c2)N(c2ccc(C(=O)O)cc2)C3=O)cc1. The number of anilines is 1. The number of rotatable bonds is 5. The molecule has 5 rings (SSSR count). The van der Waals surface area contributed by atoms with Crippen LogP contribution in [0.3, 0.4) is 0 Å². The van der Waals surface area contributed by atoms with Gasteiger partial charge in [-0.25, -0.2) is 4.79 Å². The van der Waals surface area contributed by atoms with Crippen molar-refractivity contribution in [1.29, 1.82) is 0 Å². The Kier molecular flexibility index (Phi) is 4.94. The van der Waals surface area contributed by atoms with Crippen LogP contribution in [0.4, 0.5) is 11.4 Å². The molecule has 1 aliphatic rings. The third-order valence-electron chi connectivity index (χ3n) is 5.88. The summed E-state index contributed by atoms with van der Waals surface area (Å²) in [5.74, 6) is -1.44. The molecular formula is C25H18N4O5. The highest BCUT2D eigenvalue weighted by Gasteiger charge is 2.43. The van der Waals surface area contributed by atoms with Crippen LogP contribution in [0.1, 0.15) is 43.6 Å². The predicted octanol–water partition coefficient (Wildman–Crippen LogP) is 4.74. The number of carbonyl (C=O) groups is 2. The fourth-order valence-corrected chi connectivity index (χ4v) is 4.23. The molecule has 0 unspecified atom stereocenters. The molecule has 0 saturated carbocycles. The Balaban J connectivity index is 1.71. The van der Waals surface area contributed by atoms with Gasteiger partial charge in [-0.2, -0.15) is 5.10 Å². The van der Waals surface area contributed by atoms with E-state index in [2.05, 4.69) is 10.2 Å². The Bertz CT molecular complexity index is 1440. The molecule has 0 radical (unpaired) electrons. The Morgan fingerprint density at radius 1 is 1.09 bits per heavy atom. The van der Waals surface area contributed by atoms with Gasteiger partial charge >= 0.3 is 5.97 Å². The molecule has 0 fully saturated rings. The monoisotopic (exact) mass is 454 g/mol. The molecule has 9 heteroatoms. The number of nitrogens with zero attached hydrogens (tertiary/aromatic N) is 3. The molecule has 3 aromatic carbocycles. The van der Waals surface area contributed by atoms with E-state index in [1.165, 1.54) is 29.2 Å². The maximum absolute atomic E-state index is 13.5. The summed E-state index contributed by atoms with van der Waals surface area (Å²) in [7, 11) is 0. The fraction of sp³-hybridized carbons (Fsp3) is 0.0800. The highest BCUT2D eigenvalue weighted by molar-refractivity contribution is 6.12. The van der Waals surface area contributed by atoms with Crippen molar-refractivity contribution in [3.05, 3.63) is 111 Å². The van der Waals surface area contributed by atoms with E-state index in [1.807, 2.05) is 31.2 Å². The first-order valence-electron chi connectivity index (χ1n) is 10.4. The Hall–Kier alpha value is -4.79. The third-order valence-corrected chi connectivity index (χ3v) is 5.88. The van der Waals surface area contributed by atoms with Gasteiger partial charge in [-0.3, -0.25) is 24.9 Å². The number of carbonyl (C=O) groups excluding carboxylic acids is 1. The highest BCUT2D eigenvalue weighted by atomic mass is 16.6. The van der Waals surface area contributed by atoms with Crippen LogP contribution in [0.25, 0.3) is 11.3 Å². The average Bonchev–Trinajstić information content (AvgIpc) is 3.38. The lowest BCUT2D eigenvalue weighted by molar-refractivity contribution is -0.384. The average molecular weight is 454 g/mol. The zero-order valence-electron chi connectivity index (χ0n) is 17.9. The van der Waals surface area contributed by atoms with E-state index in [1.54, 1.807) is 24.3 Å². The van der Waals surface area contributed by atoms with Gasteiger partial charge in [0.25, 0.3) is 11.6 Å². The predicted molar refractivity (Wildman–Crippen MR) is 124 cm³/mol. The smallest absolute Gasteiger partial charge is 0.335 e. The Morgan fingerprint density at radius 2 is 1.79 bits per heavy atom. The summed E-state index contributed by atoms with van der Waals surface area (Å²) in [6, 6.07) is 19.1. The van der Waals surface area contributed by atoms with Gasteiger partial charge in [0.15, 0.2) is 0 Å². The van der Waals surface area contributed by atoms with Gasteiger partial charge in [0, 0.05) is 28.9 Å². The van der Waals surface area contributed by atoms with Crippen molar-refractivity contribution in [1.82, 2.24) is 10.2 Å². The maximum atomic E-state index is 13.5. The van der Waals surface area contributed by atoms with E-state index in [0.29, 0.717) is 22.5 Å². The van der Waals surface area contributed by atoms with E-state index < -0.39 is 16.9 Å². The van der Waals surface area contributed by atoms with Gasteiger partial charge in [-0.15, -0.1) is 0 Å². The number of non-ortho nitro benzene ring substituents is 1. The molecule has 34 heavy (non-hydrogen) atoms. The number of carboxylic acid groups (broad SMARTS) is 1. The lowest BCUT2D eigenvalue weighted by Gasteiger charge is -2.26. The number of nitro groups is 1. The van der Waals surface area contributed by atoms with Gasteiger partial charge in [0.2, 0.25) is 0 Å². The van der Waals surface area contributed by atoms with E-state index in [9.17, 15) is 24.8 Å². The molecule has 2 N–H and O–H groups in total. The molecule has 1 atom stereocenters. The van der Waals surface area contributed by atoms with Gasteiger partial charge in [-0.05, 0) is 36.8 Å². The number of carboxylic acids is 1. The van der Waals surface area contributed by atoms with Crippen molar-refractivity contribution in [3.8, 4) is 11.3 Å². The number of benzene rings is 3. The van der Waals surface area contributed by atoms with Crippen LogP contribution in [0.5, 0.6) is 0 Å². The first-order valence-corrected chi connectivity index (χ1v) is 10.4. The molecule has 1 amide bonds. The van der Waals surface area contributed by atoms with E-state index in [0.717, 1.165) is 11.1 Å². The second-order valence-electron chi connectivity index (χ2n) is 8.01. The quantitative estimate of drug-likeness (QED) is 0.331. The Morgan fingerprint density at radius 3 is 2.44 bits per heavy atom. The summed E-state index contributed by atoms with van der Waals surface area (Å²) in [5.41, 5.74) is 4.33. The molecule has 1 aliphatic heterocycles. The molecule has 1 aromatic heterocycles. The van der Waals surface area contributed by atoms with E-state index in [4.69, 9.17) is 0 Å². The third kappa shape index (κ3) is 3.39. The van der Waals surface area contributed by atoms with Crippen LogP contribution in [-0.4, -0.2) is 32.1 Å². The highest BCUT2D eigenvalue weighted by Crippen LogP contribution is 2.45. The molecule has 0 bridgehead atoms. The summed E-state index contributed by atoms with van der Waals surface area (Å²) in [5, 5.41) is 27.9. The summed E-state index contributed by atoms with van der Waals surface area (Å²) >= 11 is 0. The number of amides is 1. The van der Waals surface area contributed by atoms with Gasteiger partial charge < -0.3 is 5.11 Å². The summed E-state index contributed by atoms with van der Waals surface area (Å²) in [4.78, 5) is 37.3. The molecule has 4 aromatic rings. The summed E-state index contributed by atoms with van der Waals surface area (Å²) in [6.45, 7) is 1.97. The number of aromatic carboxylic acids is 1. The van der Waals surface area contributed by atoms with Crippen LogP contribution in [-0.2, 0) is 0 Å². The van der Waals surface area contributed by atoms with Crippen molar-refractivity contribution in [2.24, 2.45) is 0 Å². The Labute approximate surface area is 193 Å². The van der Waals surface area contributed by atoms with Crippen molar-refractivity contribution in [2.45, 2.75) is 13.0 Å². The topological polar surface area (TPSA) is 129 Å². The van der Waals surface area contributed by atoms with Crippen LogP contribution in [0, 0.1) is 17.0 Å². The molecule has 2 heterocycles. The number of hydrogen-bond donors (Lipinski definition) is 2. The van der Waals surface area contributed by atoms with Gasteiger partial charge in [0.1, 0.15) is 5.69 Å². The second-order valence-corrected chi connectivity index (χ2v) is 8.01. The first kappa shape index (κ1) is 21.1. The molecule has 0 saturated heterocycles. The van der Waals surface area contributed by atoms with E-state index >= 15 is 0 Å². The normalized spacial score (nSPS) is 14.8. The van der Waals surface area contributed by atoms with Crippen LogP contribution >= 0.6 is 0 Å². The van der Waals surface area contributed by atoms with Crippen LogP contribution in [0.15, 0.2) is 72.8 Å². The number of hydrogen-bond acceptors (Lipinski definition) is 5.